The maximum absolute atomic E-state index is 9.96. The summed E-state index contributed by atoms with van der Waals surface area (Å²) in [6, 6.07) is 0. The van der Waals surface area contributed by atoms with E-state index in [0.717, 1.165) is 25.7 Å². The van der Waals surface area contributed by atoms with Crippen molar-refractivity contribution >= 4 is 5.97 Å². The quantitative estimate of drug-likeness (QED) is 0.428. The molecule has 0 amide bonds. The van der Waals surface area contributed by atoms with E-state index in [1.54, 1.807) is 0 Å². The molecule has 64 valence electrons. The van der Waals surface area contributed by atoms with Crippen LogP contribution in [0.4, 0.5) is 0 Å². The number of hydrogen-bond donors (Lipinski definition) is 0. The number of aliphatic carboxylic acids is 1. The predicted molar refractivity (Wildman–Crippen MR) is 42.9 cm³/mol. The van der Waals surface area contributed by atoms with Gasteiger partial charge in [-0.3, -0.25) is 0 Å². The van der Waals surface area contributed by atoms with Crippen LogP contribution < -0.4 is 5.11 Å². The minimum Gasteiger partial charge on any atom is -0.550 e. The summed E-state index contributed by atoms with van der Waals surface area (Å²) in [5.41, 5.74) is 0. The number of unbranched alkanes of at least 4 members (excludes halogenated alkanes) is 3. The first-order valence-electron chi connectivity index (χ1n) is 4.08. The number of carboxylic acids is 1. The van der Waals surface area contributed by atoms with Gasteiger partial charge in [-0.2, -0.15) is 0 Å². The molecule has 0 bridgehead atoms. The van der Waals surface area contributed by atoms with Crippen LogP contribution in [-0.2, 0) is 4.79 Å². The second-order valence-corrected chi connectivity index (χ2v) is 2.54. The number of rotatable bonds is 6. The molecule has 0 saturated carbocycles. The summed E-state index contributed by atoms with van der Waals surface area (Å²) in [6.07, 6.45) is 8.19. The molecule has 0 aromatic heterocycles. The number of carbonyl (C=O) groups is 1. The zero-order valence-corrected chi connectivity index (χ0v) is 7.01. The SMILES string of the molecule is C/C=C/CCCCCC(=O)[O-]. The van der Waals surface area contributed by atoms with Gasteiger partial charge in [0.05, 0.1) is 0 Å². The van der Waals surface area contributed by atoms with Crippen LogP contribution in [-0.4, -0.2) is 5.97 Å². The number of carboxylic acid groups (broad SMARTS) is 1. The molecule has 0 heterocycles. The maximum atomic E-state index is 9.96. The second kappa shape index (κ2) is 7.32. The lowest BCUT2D eigenvalue weighted by molar-refractivity contribution is -0.305. The van der Waals surface area contributed by atoms with Crippen molar-refractivity contribution in [3.05, 3.63) is 12.2 Å². The van der Waals surface area contributed by atoms with Crippen LogP contribution in [0, 0.1) is 0 Å². The lowest BCUT2D eigenvalue weighted by Crippen LogP contribution is -2.21. The van der Waals surface area contributed by atoms with Gasteiger partial charge in [-0.1, -0.05) is 18.6 Å². The van der Waals surface area contributed by atoms with Crippen molar-refractivity contribution < 1.29 is 9.90 Å². The van der Waals surface area contributed by atoms with Crippen LogP contribution in [0.3, 0.4) is 0 Å². The van der Waals surface area contributed by atoms with Crippen molar-refractivity contribution in [2.24, 2.45) is 0 Å². The zero-order valence-electron chi connectivity index (χ0n) is 7.01. The van der Waals surface area contributed by atoms with Crippen molar-refractivity contribution in [2.75, 3.05) is 0 Å². The van der Waals surface area contributed by atoms with Crippen molar-refractivity contribution in [2.45, 2.75) is 39.0 Å². The van der Waals surface area contributed by atoms with Gasteiger partial charge in [-0.15, -0.1) is 0 Å². The van der Waals surface area contributed by atoms with Gasteiger partial charge < -0.3 is 9.90 Å². The first-order valence-corrected chi connectivity index (χ1v) is 4.08. The first kappa shape index (κ1) is 10.2. The Kier molecular flexibility index (Phi) is 6.79. The Hall–Kier alpha value is -0.790. The number of hydrogen-bond acceptors (Lipinski definition) is 2. The summed E-state index contributed by atoms with van der Waals surface area (Å²) in [4.78, 5) is 9.96. The van der Waals surface area contributed by atoms with Gasteiger partial charge in [0.2, 0.25) is 0 Å². The molecule has 0 aromatic carbocycles. The molecule has 2 heteroatoms. The Morgan fingerprint density at radius 1 is 1.36 bits per heavy atom. The van der Waals surface area contributed by atoms with Crippen molar-refractivity contribution in [3.8, 4) is 0 Å². The van der Waals surface area contributed by atoms with E-state index in [1.807, 2.05) is 13.0 Å². The molecule has 0 saturated heterocycles. The summed E-state index contributed by atoms with van der Waals surface area (Å²) in [6.45, 7) is 1.99. The van der Waals surface area contributed by atoms with Crippen LogP contribution in [0.15, 0.2) is 12.2 Å². The minimum absolute atomic E-state index is 0.204. The van der Waals surface area contributed by atoms with E-state index >= 15 is 0 Å². The van der Waals surface area contributed by atoms with Crippen molar-refractivity contribution in [1.82, 2.24) is 0 Å². The average Bonchev–Trinajstić information content (AvgIpc) is 1.96. The fraction of sp³-hybridized carbons (Fsp3) is 0.667. The molecule has 0 unspecified atom stereocenters. The molecule has 0 spiro atoms. The largest absolute Gasteiger partial charge is 0.550 e. The van der Waals surface area contributed by atoms with Gasteiger partial charge >= 0.3 is 0 Å². The first-order chi connectivity index (χ1) is 5.27. The van der Waals surface area contributed by atoms with Gasteiger partial charge in [0, 0.05) is 5.97 Å². The third-order valence-corrected chi connectivity index (χ3v) is 1.49. The van der Waals surface area contributed by atoms with Crippen molar-refractivity contribution in [1.29, 1.82) is 0 Å². The minimum atomic E-state index is -0.934. The van der Waals surface area contributed by atoms with Crippen LogP contribution in [0.5, 0.6) is 0 Å². The summed E-state index contributed by atoms with van der Waals surface area (Å²) in [5, 5.41) is 9.96. The van der Waals surface area contributed by atoms with E-state index in [1.165, 1.54) is 0 Å². The number of allylic oxidation sites excluding steroid dienone is 2. The molecule has 0 rings (SSSR count). The summed E-state index contributed by atoms with van der Waals surface area (Å²) in [7, 11) is 0. The third kappa shape index (κ3) is 9.21. The van der Waals surface area contributed by atoms with Crippen LogP contribution in [0.1, 0.15) is 39.0 Å². The monoisotopic (exact) mass is 155 g/mol. The molecule has 0 atom stereocenters. The molecule has 0 fully saturated rings. The smallest absolute Gasteiger partial charge is 0.0414 e. The molecule has 0 N–H and O–H groups in total. The molecule has 0 radical (unpaired) electrons. The fourth-order valence-corrected chi connectivity index (χ4v) is 0.875. The lowest BCUT2D eigenvalue weighted by Gasteiger charge is -1.99. The maximum Gasteiger partial charge on any atom is 0.0414 e. The van der Waals surface area contributed by atoms with Gasteiger partial charge in [0.25, 0.3) is 0 Å². The Labute approximate surface area is 67.9 Å². The molecule has 0 aliphatic rings. The van der Waals surface area contributed by atoms with Gasteiger partial charge in [0.15, 0.2) is 0 Å². The summed E-state index contributed by atoms with van der Waals surface area (Å²) >= 11 is 0. The Morgan fingerprint density at radius 2 is 2.09 bits per heavy atom. The third-order valence-electron chi connectivity index (χ3n) is 1.49. The normalized spacial score (nSPS) is 10.6. The van der Waals surface area contributed by atoms with Gasteiger partial charge in [-0.25, -0.2) is 0 Å². The summed E-state index contributed by atoms with van der Waals surface area (Å²) < 4.78 is 0. The van der Waals surface area contributed by atoms with E-state index in [-0.39, 0.29) is 6.42 Å². The molecule has 0 aliphatic carbocycles. The van der Waals surface area contributed by atoms with Crippen LogP contribution in [0.2, 0.25) is 0 Å². The van der Waals surface area contributed by atoms with E-state index in [0.29, 0.717) is 0 Å². The Bertz CT molecular complexity index is 128. The molecule has 0 aromatic rings. The molecular formula is C9H15O2-. The average molecular weight is 155 g/mol. The highest BCUT2D eigenvalue weighted by molar-refractivity contribution is 5.63. The topological polar surface area (TPSA) is 40.1 Å². The highest BCUT2D eigenvalue weighted by atomic mass is 16.4. The van der Waals surface area contributed by atoms with E-state index in [4.69, 9.17) is 0 Å². The second-order valence-electron chi connectivity index (χ2n) is 2.54. The number of carbonyl (C=O) groups excluding carboxylic acids is 1. The highest BCUT2D eigenvalue weighted by Gasteiger charge is 1.87. The molecule has 0 aliphatic heterocycles. The van der Waals surface area contributed by atoms with E-state index in [9.17, 15) is 9.90 Å². The van der Waals surface area contributed by atoms with Crippen LogP contribution in [0.25, 0.3) is 0 Å². The predicted octanol–water partition coefficient (Wildman–Crippen LogP) is 1.26. The summed E-state index contributed by atoms with van der Waals surface area (Å²) in [5.74, 6) is -0.934. The molecular weight excluding hydrogens is 140 g/mol. The van der Waals surface area contributed by atoms with Crippen LogP contribution >= 0.6 is 0 Å². The Morgan fingerprint density at radius 3 is 2.64 bits per heavy atom. The standard InChI is InChI=1S/C9H16O2/c1-2-3-4-5-6-7-8-9(10)11/h2-3H,4-8H2,1H3,(H,10,11)/p-1/b3-2+. The zero-order chi connectivity index (χ0) is 8.53. The highest BCUT2D eigenvalue weighted by Crippen LogP contribution is 2.02. The van der Waals surface area contributed by atoms with E-state index in [2.05, 4.69) is 6.08 Å². The molecule has 11 heavy (non-hydrogen) atoms. The van der Waals surface area contributed by atoms with Crippen molar-refractivity contribution in [3.63, 3.8) is 0 Å². The fourth-order valence-electron chi connectivity index (χ4n) is 0.875. The Balaban J connectivity index is 2.96. The lowest BCUT2D eigenvalue weighted by atomic mass is 10.1. The molecule has 2 nitrogen and oxygen atoms in total. The van der Waals surface area contributed by atoms with Gasteiger partial charge in [-0.05, 0) is 32.6 Å². The van der Waals surface area contributed by atoms with E-state index < -0.39 is 5.97 Å². The van der Waals surface area contributed by atoms with Gasteiger partial charge in [0.1, 0.15) is 0 Å².